The Labute approximate surface area is 195 Å². The van der Waals surface area contributed by atoms with Gasteiger partial charge in [-0.1, -0.05) is 29.8 Å². The number of aromatic nitrogens is 1. The van der Waals surface area contributed by atoms with Crippen molar-refractivity contribution < 1.29 is 24.2 Å². The highest BCUT2D eigenvalue weighted by Gasteiger charge is 2.48. The second-order valence-corrected chi connectivity index (χ2v) is 7.78. The molecule has 0 aliphatic carbocycles. The van der Waals surface area contributed by atoms with Crippen molar-refractivity contribution in [3.05, 3.63) is 88.2 Å². The van der Waals surface area contributed by atoms with E-state index < -0.39 is 23.5 Å². The summed E-state index contributed by atoms with van der Waals surface area (Å²) in [6.45, 7) is 1.76. The van der Waals surface area contributed by atoms with Gasteiger partial charge in [0, 0.05) is 23.1 Å². The van der Waals surface area contributed by atoms with Crippen molar-refractivity contribution in [1.29, 1.82) is 0 Å². The molecule has 0 saturated carbocycles. The van der Waals surface area contributed by atoms with Crippen LogP contribution in [0.25, 0.3) is 5.76 Å². The van der Waals surface area contributed by atoms with Crippen LogP contribution in [0.1, 0.15) is 22.7 Å². The quantitative estimate of drug-likeness (QED) is 0.335. The number of hydrogen-bond acceptors (Lipinski definition) is 6. The summed E-state index contributed by atoms with van der Waals surface area (Å²) >= 11 is 6.31. The molecule has 0 radical (unpaired) electrons. The number of halogens is 1. The summed E-state index contributed by atoms with van der Waals surface area (Å²) in [7, 11) is 2.89. The number of ketones is 1. The number of amides is 1. The maximum atomic E-state index is 13.3. The van der Waals surface area contributed by atoms with E-state index in [1.807, 2.05) is 0 Å². The molecule has 1 atom stereocenters. The molecule has 4 rings (SSSR count). The second kappa shape index (κ2) is 8.96. The van der Waals surface area contributed by atoms with Crippen LogP contribution in [0.3, 0.4) is 0 Å². The summed E-state index contributed by atoms with van der Waals surface area (Å²) in [6, 6.07) is 12.6. The number of methoxy groups -OCH3 is 2. The molecule has 1 amide bonds. The molecule has 8 heteroatoms. The number of carbonyl (C=O) groups excluding carboxylic acids is 2. The molecule has 0 bridgehead atoms. The number of aliphatic hydroxyl groups excluding tert-OH is 1. The van der Waals surface area contributed by atoms with Crippen molar-refractivity contribution in [2.75, 3.05) is 19.1 Å². The summed E-state index contributed by atoms with van der Waals surface area (Å²) in [5.74, 6) is -1.44. The lowest BCUT2D eigenvalue weighted by atomic mass is 9.95. The Kier molecular flexibility index (Phi) is 6.07. The van der Waals surface area contributed by atoms with Crippen molar-refractivity contribution in [3.63, 3.8) is 0 Å². The van der Waals surface area contributed by atoms with Gasteiger partial charge < -0.3 is 14.6 Å². The van der Waals surface area contributed by atoms with Crippen molar-refractivity contribution in [3.8, 4) is 11.5 Å². The summed E-state index contributed by atoms with van der Waals surface area (Å²) in [5.41, 5.74) is 1.72. The average molecular weight is 465 g/mol. The summed E-state index contributed by atoms with van der Waals surface area (Å²) in [4.78, 5) is 32.1. The first-order valence-corrected chi connectivity index (χ1v) is 10.5. The SMILES string of the molecule is COc1cccc(OC)c1/C(O)=C1\C(=O)C(=O)N(c2cccc(Cl)c2C)C1c1cccnc1. The minimum absolute atomic E-state index is 0.102. The van der Waals surface area contributed by atoms with Crippen LogP contribution in [0, 0.1) is 6.92 Å². The smallest absolute Gasteiger partial charge is 0.300 e. The lowest BCUT2D eigenvalue weighted by molar-refractivity contribution is -0.132. The Hall–Kier alpha value is -3.84. The number of rotatable bonds is 5. The van der Waals surface area contributed by atoms with Crippen LogP contribution in [0.4, 0.5) is 5.69 Å². The Balaban J connectivity index is 2.04. The first-order valence-electron chi connectivity index (χ1n) is 10.1. The molecule has 1 aliphatic heterocycles. The van der Waals surface area contributed by atoms with E-state index in [2.05, 4.69) is 4.98 Å². The van der Waals surface area contributed by atoms with Crippen LogP contribution in [-0.4, -0.2) is 36.0 Å². The summed E-state index contributed by atoms with van der Waals surface area (Å²) < 4.78 is 10.8. The number of hydrogen-bond donors (Lipinski definition) is 1. The number of carbonyl (C=O) groups is 2. The molecule has 3 aromatic rings. The lowest BCUT2D eigenvalue weighted by Crippen LogP contribution is -2.30. The Bertz CT molecular complexity index is 1250. The second-order valence-electron chi connectivity index (χ2n) is 7.38. The van der Waals surface area contributed by atoms with E-state index in [1.165, 1.54) is 19.1 Å². The van der Waals surface area contributed by atoms with Gasteiger partial charge in [-0.05, 0) is 48.4 Å². The van der Waals surface area contributed by atoms with Gasteiger partial charge in [-0.15, -0.1) is 0 Å². The van der Waals surface area contributed by atoms with E-state index in [4.69, 9.17) is 21.1 Å². The van der Waals surface area contributed by atoms with Crippen LogP contribution in [0.15, 0.2) is 66.5 Å². The number of Topliss-reactive ketones (excluding diaryl/α,β-unsaturated/α-hetero) is 1. The normalized spacial score (nSPS) is 17.3. The first kappa shape index (κ1) is 22.4. The molecule has 168 valence electrons. The van der Waals surface area contributed by atoms with Crippen LogP contribution in [-0.2, 0) is 9.59 Å². The fourth-order valence-electron chi connectivity index (χ4n) is 4.01. The van der Waals surface area contributed by atoms with Gasteiger partial charge in [0.05, 0.1) is 25.8 Å². The molecule has 1 unspecified atom stereocenters. The zero-order chi connectivity index (χ0) is 23.7. The first-order chi connectivity index (χ1) is 15.9. The standard InChI is InChI=1S/C25H21ClN2O5/c1-14-16(26)8-4-9-17(14)28-22(15-7-6-12-27-13-15)21(24(30)25(28)31)23(29)20-18(32-2)10-5-11-19(20)33-3/h4-13,22,29H,1-3H3/b23-21+. The molecular formula is C25H21ClN2O5. The van der Waals surface area contributed by atoms with E-state index in [1.54, 1.807) is 67.8 Å². The molecular weight excluding hydrogens is 444 g/mol. The third-order valence-electron chi connectivity index (χ3n) is 5.61. The van der Waals surface area contributed by atoms with Gasteiger partial charge >= 0.3 is 0 Å². The molecule has 0 spiro atoms. The fraction of sp³-hybridized carbons (Fsp3) is 0.160. The van der Waals surface area contributed by atoms with Crippen molar-refractivity contribution in [2.24, 2.45) is 0 Å². The molecule has 1 aliphatic rings. The van der Waals surface area contributed by atoms with Crippen molar-refractivity contribution in [1.82, 2.24) is 4.98 Å². The van der Waals surface area contributed by atoms with E-state index in [9.17, 15) is 14.7 Å². The summed E-state index contributed by atoms with van der Waals surface area (Å²) in [6.07, 6.45) is 3.14. The van der Waals surface area contributed by atoms with Crippen LogP contribution < -0.4 is 14.4 Å². The largest absolute Gasteiger partial charge is 0.506 e. The zero-order valence-corrected chi connectivity index (χ0v) is 19.0. The predicted octanol–water partition coefficient (Wildman–Crippen LogP) is 4.69. The lowest BCUT2D eigenvalue weighted by Gasteiger charge is -2.27. The van der Waals surface area contributed by atoms with Gasteiger partial charge in [-0.2, -0.15) is 0 Å². The van der Waals surface area contributed by atoms with Gasteiger partial charge in [-0.25, -0.2) is 0 Å². The molecule has 1 fully saturated rings. The van der Waals surface area contributed by atoms with E-state index in [0.717, 1.165) is 0 Å². The number of nitrogens with zero attached hydrogens (tertiary/aromatic N) is 2. The molecule has 2 aromatic carbocycles. The highest BCUT2D eigenvalue weighted by molar-refractivity contribution is 6.52. The molecule has 2 heterocycles. The fourth-order valence-corrected chi connectivity index (χ4v) is 4.18. The topological polar surface area (TPSA) is 89.0 Å². The van der Waals surface area contributed by atoms with Crippen LogP contribution in [0.5, 0.6) is 11.5 Å². The zero-order valence-electron chi connectivity index (χ0n) is 18.2. The molecule has 1 aromatic heterocycles. The Morgan fingerprint density at radius 3 is 2.30 bits per heavy atom. The molecule has 1 N–H and O–H groups in total. The van der Waals surface area contributed by atoms with Gasteiger partial charge in [0.15, 0.2) is 0 Å². The molecule has 1 saturated heterocycles. The number of pyridine rings is 1. The van der Waals surface area contributed by atoms with Crippen molar-refractivity contribution in [2.45, 2.75) is 13.0 Å². The third kappa shape index (κ3) is 3.70. The van der Waals surface area contributed by atoms with Gasteiger partial charge in [0.25, 0.3) is 11.7 Å². The van der Waals surface area contributed by atoms with Crippen molar-refractivity contribution >= 4 is 34.7 Å². The van der Waals surface area contributed by atoms with E-state index in [0.29, 0.717) is 33.3 Å². The van der Waals surface area contributed by atoms with Crippen LogP contribution >= 0.6 is 11.6 Å². The number of benzene rings is 2. The highest BCUT2D eigenvalue weighted by Crippen LogP contribution is 2.46. The van der Waals surface area contributed by atoms with E-state index >= 15 is 0 Å². The summed E-state index contributed by atoms with van der Waals surface area (Å²) in [5, 5.41) is 11.9. The number of ether oxygens (including phenoxy) is 2. The predicted molar refractivity (Wildman–Crippen MR) is 125 cm³/mol. The third-order valence-corrected chi connectivity index (χ3v) is 6.02. The Morgan fingerprint density at radius 2 is 1.70 bits per heavy atom. The van der Waals surface area contributed by atoms with E-state index in [-0.39, 0.29) is 11.1 Å². The average Bonchev–Trinajstić information content (AvgIpc) is 3.10. The van der Waals surface area contributed by atoms with Gasteiger partial charge in [0.2, 0.25) is 0 Å². The van der Waals surface area contributed by atoms with Crippen LogP contribution in [0.2, 0.25) is 5.02 Å². The maximum absolute atomic E-state index is 13.3. The monoisotopic (exact) mass is 464 g/mol. The minimum atomic E-state index is -0.939. The maximum Gasteiger partial charge on any atom is 0.300 e. The molecule has 7 nitrogen and oxygen atoms in total. The minimum Gasteiger partial charge on any atom is -0.506 e. The number of aliphatic hydroxyl groups is 1. The highest BCUT2D eigenvalue weighted by atomic mass is 35.5. The van der Waals surface area contributed by atoms with Gasteiger partial charge in [0.1, 0.15) is 22.8 Å². The number of anilines is 1. The van der Waals surface area contributed by atoms with Gasteiger partial charge in [-0.3, -0.25) is 19.5 Å². The Morgan fingerprint density at radius 1 is 1.03 bits per heavy atom. The molecule has 33 heavy (non-hydrogen) atoms.